The molecule has 2 amide bonds. The molecule has 4 heterocycles. The van der Waals surface area contributed by atoms with Gasteiger partial charge < -0.3 is 15.5 Å². The van der Waals surface area contributed by atoms with Gasteiger partial charge in [-0.1, -0.05) is 25.1 Å². The third-order valence-corrected chi connectivity index (χ3v) is 8.17. The number of halogens is 3. The molecule has 0 saturated heterocycles. The summed E-state index contributed by atoms with van der Waals surface area (Å²) in [5.74, 6) is -2.22. The van der Waals surface area contributed by atoms with E-state index in [9.17, 15) is 22.8 Å². The van der Waals surface area contributed by atoms with Crippen LogP contribution in [0.3, 0.4) is 0 Å². The Kier molecular flexibility index (Phi) is 6.35. The van der Waals surface area contributed by atoms with Crippen LogP contribution in [0.25, 0.3) is 5.69 Å². The number of nitrogen functional groups attached to an aromatic ring is 1. The summed E-state index contributed by atoms with van der Waals surface area (Å²) in [5, 5.41) is 4.93. The maximum Gasteiger partial charge on any atom is 0.451 e. The molecule has 12 heteroatoms. The van der Waals surface area contributed by atoms with Crippen LogP contribution >= 0.6 is 0 Å². The number of aromatic nitrogens is 4. The minimum Gasteiger partial charge on any atom is -0.383 e. The zero-order valence-corrected chi connectivity index (χ0v) is 21.7. The normalized spacial score (nSPS) is 19.0. The van der Waals surface area contributed by atoms with Gasteiger partial charge in [0.25, 0.3) is 5.91 Å². The molecule has 0 radical (unpaired) electrons. The Morgan fingerprint density at radius 3 is 2.48 bits per heavy atom. The first-order valence-corrected chi connectivity index (χ1v) is 13.3. The Bertz CT molecular complexity index is 1490. The Hall–Kier alpha value is -4.22. The minimum atomic E-state index is -4.79. The smallest absolute Gasteiger partial charge is 0.383 e. The molecule has 40 heavy (non-hydrogen) atoms. The van der Waals surface area contributed by atoms with Crippen molar-refractivity contribution in [3.8, 4) is 5.69 Å². The number of carbonyl (C=O) groups excluding carboxylic acids is 2. The Morgan fingerprint density at radius 2 is 1.85 bits per heavy atom. The number of carbonyl (C=O) groups is 2. The molecule has 0 unspecified atom stereocenters. The van der Waals surface area contributed by atoms with Crippen LogP contribution in [0, 0.1) is 0 Å². The second kappa shape index (κ2) is 9.76. The van der Waals surface area contributed by atoms with E-state index in [2.05, 4.69) is 40.8 Å². The van der Waals surface area contributed by atoms with Gasteiger partial charge >= 0.3 is 6.18 Å². The van der Waals surface area contributed by atoms with Gasteiger partial charge in [-0.2, -0.15) is 18.3 Å². The van der Waals surface area contributed by atoms with Crippen molar-refractivity contribution < 1.29 is 22.8 Å². The molecule has 6 rings (SSSR count). The predicted molar refractivity (Wildman–Crippen MR) is 140 cm³/mol. The number of hydrogen-bond donors (Lipinski definition) is 1. The van der Waals surface area contributed by atoms with Gasteiger partial charge in [-0.15, -0.1) is 0 Å². The van der Waals surface area contributed by atoms with Crippen molar-refractivity contribution in [2.75, 3.05) is 25.4 Å². The molecular weight excluding hydrogens is 523 g/mol. The summed E-state index contributed by atoms with van der Waals surface area (Å²) in [6.07, 6.45) is 1.88. The van der Waals surface area contributed by atoms with Crippen molar-refractivity contribution in [2.45, 2.75) is 50.2 Å². The van der Waals surface area contributed by atoms with Crippen molar-refractivity contribution in [1.29, 1.82) is 0 Å². The monoisotopic (exact) mass is 551 g/mol. The summed E-state index contributed by atoms with van der Waals surface area (Å²) in [5.41, 5.74) is 10.4. The summed E-state index contributed by atoms with van der Waals surface area (Å²) in [6, 6.07) is 7.84. The number of alkyl halides is 3. The fourth-order valence-electron chi connectivity index (χ4n) is 5.86. The zero-order valence-electron chi connectivity index (χ0n) is 21.7. The van der Waals surface area contributed by atoms with Crippen LogP contribution in [0.15, 0.2) is 43.1 Å². The minimum absolute atomic E-state index is 0.185. The third kappa shape index (κ3) is 4.40. The van der Waals surface area contributed by atoms with Crippen molar-refractivity contribution in [3.05, 3.63) is 77.0 Å². The van der Waals surface area contributed by atoms with E-state index in [1.807, 2.05) is 4.68 Å². The van der Waals surface area contributed by atoms with E-state index < -0.39 is 29.8 Å². The largest absolute Gasteiger partial charge is 0.451 e. The highest BCUT2D eigenvalue weighted by atomic mass is 19.4. The van der Waals surface area contributed by atoms with Crippen LogP contribution in [0.2, 0.25) is 0 Å². The lowest BCUT2D eigenvalue weighted by atomic mass is 9.80. The van der Waals surface area contributed by atoms with Crippen LogP contribution in [-0.4, -0.2) is 61.0 Å². The number of hydrogen-bond acceptors (Lipinski definition) is 6. The number of benzene rings is 1. The van der Waals surface area contributed by atoms with Crippen molar-refractivity contribution in [1.82, 2.24) is 29.5 Å². The molecule has 2 N–H and O–H groups in total. The zero-order chi connectivity index (χ0) is 28.2. The molecule has 0 bridgehead atoms. The molecule has 1 aromatic carbocycles. The predicted octanol–water partition coefficient (Wildman–Crippen LogP) is 3.84. The standard InChI is InChI=1S/C28H28F3N7O2/c1-2-23(39)36-12-10-20-24-21(38(35-20)18-8-6-17(7-9-18)16-4-3-5-16)11-13-37(22(24)15-36)26(40)19-14-33-27(28(29,30)31)34-25(19)32/h2,6-9,14,16,22H,1,3-5,10-13,15H2,(H2,32,33,34)/t22-/m0/s1. The van der Waals surface area contributed by atoms with E-state index >= 15 is 0 Å². The van der Waals surface area contributed by atoms with E-state index in [4.69, 9.17) is 10.8 Å². The number of rotatable bonds is 4. The average Bonchev–Trinajstić information content (AvgIpc) is 3.16. The Morgan fingerprint density at radius 1 is 1.10 bits per heavy atom. The van der Waals surface area contributed by atoms with Crippen LogP contribution in [0.5, 0.6) is 0 Å². The van der Waals surface area contributed by atoms with Gasteiger partial charge in [0.05, 0.1) is 23.1 Å². The van der Waals surface area contributed by atoms with Gasteiger partial charge in [-0.05, 0) is 42.5 Å². The van der Waals surface area contributed by atoms with E-state index in [1.165, 1.54) is 35.8 Å². The molecule has 2 aliphatic heterocycles. The van der Waals surface area contributed by atoms with Gasteiger partial charge in [0, 0.05) is 44.2 Å². The maximum absolute atomic E-state index is 13.7. The molecule has 1 aliphatic carbocycles. The Labute approximate surface area is 228 Å². The van der Waals surface area contributed by atoms with Gasteiger partial charge in [0.15, 0.2) is 0 Å². The first-order valence-electron chi connectivity index (χ1n) is 13.3. The van der Waals surface area contributed by atoms with Crippen molar-refractivity contribution >= 4 is 17.6 Å². The van der Waals surface area contributed by atoms with Gasteiger partial charge in [0.1, 0.15) is 11.4 Å². The summed E-state index contributed by atoms with van der Waals surface area (Å²) in [7, 11) is 0. The molecule has 0 spiro atoms. The molecule has 1 saturated carbocycles. The summed E-state index contributed by atoms with van der Waals surface area (Å²) in [4.78, 5) is 36.2. The van der Waals surface area contributed by atoms with Gasteiger partial charge in [0.2, 0.25) is 11.7 Å². The van der Waals surface area contributed by atoms with E-state index in [-0.39, 0.29) is 24.6 Å². The van der Waals surface area contributed by atoms with Crippen LogP contribution in [0.1, 0.15) is 69.9 Å². The number of anilines is 1. The SMILES string of the molecule is C=CC(=O)N1CCc2nn(-c3ccc(C4CCC4)cc3)c3c2[C@H](C1)N(C(=O)c1cnc(C(F)(F)F)nc1N)CC3. The highest BCUT2D eigenvalue weighted by molar-refractivity contribution is 5.98. The molecule has 1 atom stereocenters. The second-order valence-corrected chi connectivity index (χ2v) is 10.4. The lowest BCUT2D eigenvalue weighted by Crippen LogP contribution is -2.46. The van der Waals surface area contributed by atoms with Crippen molar-refractivity contribution in [2.24, 2.45) is 0 Å². The molecule has 3 aliphatic rings. The van der Waals surface area contributed by atoms with Gasteiger partial charge in [-0.25, -0.2) is 14.6 Å². The van der Waals surface area contributed by atoms with Crippen LogP contribution in [0.4, 0.5) is 19.0 Å². The summed E-state index contributed by atoms with van der Waals surface area (Å²) >= 11 is 0. The molecule has 9 nitrogen and oxygen atoms in total. The second-order valence-electron chi connectivity index (χ2n) is 10.4. The first kappa shape index (κ1) is 26.0. The lowest BCUT2D eigenvalue weighted by molar-refractivity contribution is -0.144. The fourth-order valence-corrected chi connectivity index (χ4v) is 5.86. The highest BCUT2D eigenvalue weighted by Crippen LogP contribution is 2.39. The molecule has 208 valence electrons. The van der Waals surface area contributed by atoms with E-state index in [0.717, 1.165) is 28.8 Å². The molecule has 2 aromatic heterocycles. The molecule has 1 fully saturated rings. The third-order valence-electron chi connectivity index (χ3n) is 8.17. The Balaban J connectivity index is 1.38. The van der Waals surface area contributed by atoms with Gasteiger partial charge in [-0.3, -0.25) is 9.59 Å². The quantitative estimate of drug-likeness (QED) is 0.494. The number of amides is 2. The average molecular weight is 552 g/mol. The number of nitrogens with two attached hydrogens (primary N) is 1. The first-order chi connectivity index (χ1) is 19.2. The highest BCUT2D eigenvalue weighted by Gasteiger charge is 2.41. The van der Waals surface area contributed by atoms with E-state index in [0.29, 0.717) is 25.3 Å². The fraction of sp³-hybridized carbons (Fsp3) is 0.393. The van der Waals surface area contributed by atoms with Crippen molar-refractivity contribution in [3.63, 3.8) is 0 Å². The molecule has 3 aromatic rings. The van der Waals surface area contributed by atoms with Crippen LogP contribution in [-0.2, 0) is 23.8 Å². The lowest BCUT2D eigenvalue weighted by Gasteiger charge is -2.38. The number of nitrogens with zero attached hydrogens (tertiary/aromatic N) is 6. The summed E-state index contributed by atoms with van der Waals surface area (Å²) in [6.45, 7) is 4.42. The molecular formula is C28H28F3N7O2. The van der Waals surface area contributed by atoms with Crippen LogP contribution < -0.4 is 5.73 Å². The summed E-state index contributed by atoms with van der Waals surface area (Å²) < 4.78 is 41.2. The topological polar surface area (TPSA) is 110 Å². The van der Waals surface area contributed by atoms with E-state index in [1.54, 1.807) is 4.90 Å². The maximum atomic E-state index is 13.7.